The number of benzene rings is 9. The highest BCUT2D eigenvalue weighted by Crippen LogP contribution is 2.43. The average Bonchev–Trinajstić information content (AvgIpc) is 3.25. The minimum absolute atomic E-state index is 0.702. The largest absolute Gasteiger partial charge is 0.247 e. The molecule has 0 N–H and O–H groups in total. The summed E-state index contributed by atoms with van der Waals surface area (Å²) in [6, 6.07) is 66.9. The van der Waals surface area contributed by atoms with Crippen molar-refractivity contribution >= 4 is 64.9 Å². The van der Waals surface area contributed by atoms with E-state index in [0.717, 1.165) is 66.4 Å². The third-order valence-electron chi connectivity index (χ3n) is 10.8. The molecular weight excluding hydrogens is 655 g/mol. The van der Waals surface area contributed by atoms with E-state index in [1.54, 1.807) is 0 Å². The van der Waals surface area contributed by atoms with E-state index in [4.69, 9.17) is 15.0 Å². The van der Waals surface area contributed by atoms with E-state index in [1.165, 1.54) is 37.7 Å². The van der Waals surface area contributed by atoms with Crippen molar-refractivity contribution in [2.24, 2.45) is 0 Å². The van der Waals surface area contributed by atoms with Crippen LogP contribution < -0.4 is 0 Å². The van der Waals surface area contributed by atoms with Crippen LogP contribution >= 0.6 is 0 Å². The van der Waals surface area contributed by atoms with Gasteiger partial charge in [0.25, 0.3) is 0 Å². The van der Waals surface area contributed by atoms with E-state index in [2.05, 4.69) is 182 Å². The van der Waals surface area contributed by atoms with Gasteiger partial charge in [0, 0.05) is 38.2 Å². The van der Waals surface area contributed by atoms with Gasteiger partial charge in [-0.15, -0.1) is 0 Å². The smallest absolute Gasteiger partial charge is 0.160 e. The normalized spacial score (nSPS) is 11.7. The van der Waals surface area contributed by atoms with E-state index in [0.29, 0.717) is 5.82 Å². The molecule has 0 unspecified atom stereocenters. The predicted octanol–water partition coefficient (Wildman–Crippen LogP) is 13.5. The highest BCUT2D eigenvalue weighted by molar-refractivity contribution is 6.25. The first-order valence-corrected chi connectivity index (χ1v) is 18.4. The molecule has 3 nitrogen and oxygen atoms in total. The second-order valence-corrected chi connectivity index (χ2v) is 14.0. The Morgan fingerprint density at radius 3 is 1.52 bits per heavy atom. The molecule has 0 aliphatic carbocycles. The summed E-state index contributed by atoms with van der Waals surface area (Å²) in [5.74, 6) is 0.702. The summed E-state index contributed by atoms with van der Waals surface area (Å²) in [6.07, 6.45) is 0. The molecule has 0 bridgehead atoms. The quantitative estimate of drug-likeness (QED) is 0.173. The molecule has 0 saturated heterocycles. The second-order valence-electron chi connectivity index (χ2n) is 14.0. The molecule has 0 aliphatic heterocycles. The van der Waals surface area contributed by atoms with Crippen molar-refractivity contribution in [3.63, 3.8) is 0 Å². The molecule has 2 aromatic heterocycles. The fourth-order valence-electron chi connectivity index (χ4n) is 8.20. The lowest BCUT2D eigenvalue weighted by Gasteiger charge is -2.17. The molecule has 9 aromatic carbocycles. The average molecular weight is 686 g/mol. The number of rotatable bonds is 4. The van der Waals surface area contributed by atoms with Crippen molar-refractivity contribution in [3.05, 3.63) is 188 Å². The van der Waals surface area contributed by atoms with Crippen LogP contribution in [-0.2, 0) is 0 Å². The summed E-state index contributed by atoms with van der Waals surface area (Å²) in [6.45, 7) is 0. The Labute approximate surface area is 311 Å². The summed E-state index contributed by atoms with van der Waals surface area (Å²) < 4.78 is 0. The highest BCUT2D eigenvalue weighted by atomic mass is 14.9. The van der Waals surface area contributed by atoms with E-state index in [9.17, 15) is 0 Å². The van der Waals surface area contributed by atoms with Crippen molar-refractivity contribution in [2.75, 3.05) is 0 Å². The minimum atomic E-state index is 0.702. The van der Waals surface area contributed by atoms with E-state index >= 15 is 0 Å². The van der Waals surface area contributed by atoms with Crippen LogP contribution in [-0.4, -0.2) is 15.0 Å². The SMILES string of the molecule is c1cc(-c2nc(-c3ccc4ccccc4c3)c3ccccc3n2)cc(-c2cc3c(-c4ccc5ccccc5c4)nc4ccccc4c3c3ccccc23)c1. The molecule has 0 spiro atoms. The van der Waals surface area contributed by atoms with Gasteiger partial charge in [0.05, 0.1) is 22.4 Å². The topological polar surface area (TPSA) is 38.7 Å². The van der Waals surface area contributed by atoms with Crippen LogP contribution in [0.2, 0.25) is 0 Å². The monoisotopic (exact) mass is 685 g/mol. The van der Waals surface area contributed by atoms with Gasteiger partial charge in [-0.05, 0) is 79.8 Å². The summed E-state index contributed by atoms with van der Waals surface area (Å²) >= 11 is 0. The van der Waals surface area contributed by atoms with Crippen LogP contribution in [0.4, 0.5) is 0 Å². The Morgan fingerprint density at radius 2 is 0.815 bits per heavy atom. The lowest BCUT2D eigenvalue weighted by Crippen LogP contribution is -1.96. The fraction of sp³-hybridized carbons (Fsp3) is 0. The molecule has 0 radical (unpaired) electrons. The lowest BCUT2D eigenvalue weighted by molar-refractivity contribution is 1.23. The molecule has 0 amide bonds. The molecule has 0 saturated carbocycles. The van der Waals surface area contributed by atoms with Crippen molar-refractivity contribution < 1.29 is 0 Å². The summed E-state index contributed by atoms with van der Waals surface area (Å²) in [5, 5.41) is 11.8. The van der Waals surface area contributed by atoms with Crippen molar-refractivity contribution in [1.29, 1.82) is 0 Å². The molecular formula is C51H31N3. The maximum Gasteiger partial charge on any atom is 0.160 e. The Balaban J connectivity index is 1.14. The van der Waals surface area contributed by atoms with Gasteiger partial charge < -0.3 is 0 Å². The summed E-state index contributed by atoms with van der Waals surface area (Å²) in [5.41, 5.74) is 9.22. The molecule has 11 rings (SSSR count). The van der Waals surface area contributed by atoms with Gasteiger partial charge in [0.1, 0.15) is 0 Å². The number of para-hydroxylation sites is 2. The van der Waals surface area contributed by atoms with Gasteiger partial charge in [-0.3, -0.25) is 0 Å². The zero-order valence-corrected chi connectivity index (χ0v) is 29.2. The minimum Gasteiger partial charge on any atom is -0.247 e. The van der Waals surface area contributed by atoms with Gasteiger partial charge in [0.2, 0.25) is 0 Å². The Bertz CT molecular complexity index is 3290. The zero-order chi connectivity index (χ0) is 35.6. The van der Waals surface area contributed by atoms with Gasteiger partial charge >= 0.3 is 0 Å². The summed E-state index contributed by atoms with van der Waals surface area (Å²) in [7, 11) is 0. The molecule has 54 heavy (non-hydrogen) atoms. The maximum atomic E-state index is 5.35. The first-order chi connectivity index (χ1) is 26.7. The number of hydrogen-bond donors (Lipinski definition) is 0. The zero-order valence-electron chi connectivity index (χ0n) is 29.2. The first-order valence-electron chi connectivity index (χ1n) is 18.4. The molecule has 0 aliphatic rings. The van der Waals surface area contributed by atoms with Gasteiger partial charge in [-0.2, -0.15) is 0 Å². The number of hydrogen-bond acceptors (Lipinski definition) is 3. The third-order valence-corrected chi connectivity index (χ3v) is 10.8. The molecule has 250 valence electrons. The van der Waals surface area contributed by atoms with Crippen LogP contribution in [0.5, 0.6) is 0 Å². The molecule has 0 fully saturated rings. The lowest BCUT2D eigenvalue weighted by atomic mass is 9.89. The molecule has 3 heteroatoms. The van der Waals surface area contributed by atoms with Crippen molar-refractivity contribution in [3.8, 4) is 45.0 Å². The predicted molar refractivity (Wildman–Crippen MR) is 227 cm³/mol. The Kier molecular flexibility index (Phi) is 6.86. The van der Waals surface area contributed by atoms with E-state index in [1.807, 2.05) is 6.07 Å². The molecule has 2 heterocycles. The van der Waals surface area contributed by atoms with Crippen LogP contribution in [0.1, 0.15) is 0 Å². The number of nitrogens with zero attached hydrogens (tertiary/aromatic N) is 3. The molecule has 0 atom stereocenters. The standard InChI is InChI=1S/C51H31N3/c1-3-14-34-28-37(26-24-32(34)12-1)49-43-21-8-10-23-47(43)53-51(54-49)39-17-11-16-36(30-39)44-31-45-48(41-19-6-5-18-40(41)44)42-20-7-9-22-46(42)52-50(45)38-27-25-33-13-2-4-15-35(33)29-38/h1-31H. The van der Waals surface area contributed by atoms with E-state index in [-0.39, 0.29) is 0 Å². The van der Waals surface area contributed by atoms with Crippen molar-refractivity contribution in [2.45, 2.75) is 0 Å². The van der Waals surface area contributed by atoms with Crippen LogP contribution in [0.3, 0.4) is 0 Å². The van der Waals surface area contributed by atoms with Crippen LogP contribution in [0.25, 0.3) is 110 Å². The Morgan fingerprint density at radius 1 is 0.278 bits per heavy atom. The van der Waals surface area contributed by atoms with Crippen LogP contribution in [0, 0.1) is 0 Å². The van der Waals surface area contributed by atoms with Gasteiger partial charge in [0.15, 0.2) is 5.82 Å². The van der Waals surface area contributed by atoms with Gasteiger partial charge in [-0.1, -0.05) is 152 Å². The number of fused-ring (bicyclic) bond motifs is 8. The molecule has 11 aromatic rings. The highest BCUT2D eigenvalue weighted by Gasteiger charge is 2.18. The van der Waals surface area contributed by atoms with Gasteiger partial charge in [-0.25, -0.2) is 15.0 Å². The Hall–Kier alpha value is -7.23. The van der Waals surface area contributed by atoms with Crippen LogP contribution in [0.15, 0.2) is 188 Å². The van der Waals surface area contributed by atoms with E-state index < -0.39 is 0 Å². The maximum absolute atomic E-state index is 5.35. The number of aromatic nitrogens is 3. The third kappa shape index (κ3) is 4.94. The number of pyridine rings is 1. The fourth-order valence-corrected chi connectivity index (χ4v) is 8.20. The summed E-state index contributed by atoms with van der Waals surface area (Å²) in [4.78, 5) is 15.8. The van der Waals surface area contributed by atoms with Crippen molar-refractivity contribution in [1.82, 2.24) is 15.0 Å². The first kappa shape index (κ1) is 30.4. The second kappa shape index (κ2) is 12.2.